The molecule has 3 heterocycles. The number of imide groups is 1. The SMILES string of the molecule is CC(C)c1cccc(C(C)C)c1N1C(=O)[C@@H]2[C@H](C1=O)[C@@H]1C=CC(=O)[C@H]2N1Cc1ccccc1I. The van der Waals surface area contributed by atoms with Gasteiger partial charge >= 0.3 is 0 Å². The Morgan fingerprint density at radius 2 is 1.47 bits per heavy atom. The first-order chi connectivity index (χ1) is 16.2. The van der Waals surface area contributed by atoms with Gasteiger partial charge in [-0.25, -0.2) is 4.90 Å². The van der Waals surface area contributed by atoms with Crippen LogP contribution in [0.5, 0.6) is 0 Å². The van der Waals surface area contributed by atoms with Crippen molar-refractivity contribution >= 4 is 45.9 Å². The minimum Gasteiger partial charge on any atom is -0.293 e. The molecule has 5 nitrogen and oxygen atoms in total. The maximum atomic E-state index is 14.0. The number of hydrogen-bond acceptors (Lipinski definition) is 4. The quantitative estimate of drug-likeness (QED) is 0.375. The van der Waals surface area contributed by atoms with Gasteiger partial charge in [0.05, 0.1) is 23.6 Å². The molecule has 4 atom stereocenters. The van der Waals surface area contributed by atoms with E-state index in [4.69, 9.17) is 0 Å². The van der Waals surface area contributed by atoms with Gasteiger partial charge in [0.25, 0.3) is 0 Å². The fraction of sp³-hybridized carbons (Fsp3) is 0.393. The second-order valence-corrected chi connectivity index (χ2v) is 11.3. The molecule has 0 spiro atoms. The number of rotatable bonds is 5. The van der Waals surface area contributed by atoms with Crippen LogP contribution in [-0.2, 0) is 20.9 Å². The first-order valence-corrected chi connectivity index (χ1v) is 13.0. The standard InChI is InChI=1S/C28H29IN2O3/c1-15(2)18-9-7-10-19(16(3)4)25(18)31-27(33)23-21-12-13-22(32)26(24(23)28(31)34)30(21)14-17-8-5-6-11-20(17)29/h5-13,15-16,21,23-24,26H,14H2,1-4H3/t21-,23+,24+,26+/m0/s1. The molecule has 0 aromatic heterocycles. The predicted octanol–water partition coefficient (Wildman–Crippen LogP) is 5.04. The highest BCUT2D eigenvalue weighted by Gasteiger charge is 2.64. The number of ketones is 1. The van der Waals surface area contributed by atoms with E-state index < -0.39 is 17.9 Å². The Hall–Kier alpha value is -2.32. The Morgan fingerprint density at radius 3 is 2.09 bits per heavy atom. The van der Waals surface area contributed by atoms with Gasteiger partial charge in [0.1, 0.15) is 0 Å². The molecule has 0 radical (unpaired) electrons. The zero-order valence-electron chi connectivity index (χ0n) is 19.9. The summed E-state index contributed by atoms with van der Waals surface area (Å²) in [5, 5.41) is 0. The molecule has 3 aliphatic heterocycles. The van der Waals surface area contributed by atoms with Gasteiger partial charge in [-0.15, -0.1) is 0 Å². The monoisotopic (exact) mass is 568 g/mol. The lowest BCUT2D eigenvalue weighted by molar-refractivity contribution is -0.129. The van der Waals surface area contributed by atoms with E-state index in [2.05, 4.69) is 55.2 Å². The molecule has 5 rings (SSSR count). The molecule has 0 aliphatic carbocycles. The number of benzene rings is 2. The topological polar surface area (TPSA) is 57.7 Å². The van der Waals surface area contributed by atoms with E-state index in [1.165, 1.54) is 4.90 Å². The Kier molecular flexibility index (Phi) is 6.01. The molecule has 0 unspecified atom stereocenters. The van der Waals surface area contributed by atoms with Crippen molar-refractivity contribution in [2.75, 3.05) is 4.90 Å². The number of anilines is 1. The van der Waals surface area contributed by atoms with Gasteiger partial charge < -0.3 is 0 Å². The average Bonchev–Trinajstić information content (AvgIpc) is 3.18. The first-order valence-electron chi connectivity index (χ1n) is 11.9. The Balaban J connectivity index is 1.58. The molecule has 2 saturated heterocycles. The summed E-state index contributed by atoms with van der Waals surface area (Å²) in [6.07, 6.45) is 3.41. The summed E-state index contributed by atoms with van der Waals surface area (Å²) in [6, 6.07) is 13.2. The largest absolute Gasteiger partial charge is 0.293 e. The molecular formula is C28H29IN2O3. The summed E-state index contributed by atoms with van der Waals surface area (Å²) >= 11 is 2.30. The van der Waals surface area contributed by atoms with Gasteiger partial charge in [-0.05, 0) is 63.3 Å². The van der Waals surface area contributed by atoms with Gasteiger partial charge in [0, 0.05) is 16.2 Å². The van der Waals surface area contributed by atoms with Gasteiger partial charge in [0.2, 0.25) is 11.8 Å². The molecule has 2 fully saturated rings. The lowest BCUT2D eigenvalue weighted by Crippen LogP contribution is -2.49. The summed E-state index contributed by atoms with van der Waals surface area (Å²) in [6.45, 7) is 8.87. The van der Waals surface area contributed by atoms with Crippen molar-refractivity contribution in [3.63, 3.8) is 0 Å². The highest BCUT2D eigenvalue weighted by atomic mass is 127. The number of halogens is 1. The molecule has 0 N–H and O–H groups in total. The molecule has 0 saturated carbocycles. The Morgan fingerprint density at radius 1 is 0.853 bits per heavy atom. The van der Waals surface area contributed by atoms with Crippen molar-refractivity contribution in [1.82, 2.24) is 4.90 Å². The van der Waals surface area contributed by atoms with E-state index in [0.717, 1.165) is 25.9 Å². The van der Waals surface area contributed by atoms with Crippen LogP contribution in [0, 0.1) is 15.4 Å². The van der Waals surface area contributed by atoms with Gasteiger partial charge in [-0.1, -0.05) is 70.2 Å². The number of para-hydroxylation sites is 1. The lowest BCUT2D eigenvalue weighted by atomic mass is 9.90. The van der Waals surface area contributed by atoms with Crippen molar-refractivity contribution in [3.05, 3.63) is 74.9 Å². The van der Waals surface area contributed by atoms with Gasteiger partial charge in [0.15, 0.2) is 5.78 Å². The number of fused-ring (bicyclic) bond motifs is 5. The normalized spacial score (nSPS) is 26.3. The van der Waals surface area contributed by atoms with E-state index in [1.54, 1.807) is 6.08 Å². The maximum Gasteiger partial charge on any atom is 0.239 e. The summed E-state index contributed by atoms with van der Waals surface area (Å²) in [7, 11) is 0. The number of carbonyl (C=O) groups excluding carboxylic acids is 3. The zero-order valence-corrected chi connectivity index (χ0v) is 22.0. The van der Waals surface area contributed by atoms with Gasteiger partial charge in [-0.3, -0.25) is 19.3 Å². The summed E-state index contributed by atoms with van der Waals surface area (Å²) in [5.74, 6) is -1.37. The molecule has 2 aromatic carbocycles. The summed E-state index contributed by atoms with van der Waals surface area (Å²) in [5.41, 5.74) is 3.83. The van der Waals surface area contributed by atoms with E-state index in [-0.39, 0.29) is 35.5 Å². The fourth-order valence-electron chi connectivity index (χ4n) is 5.88. The molecule has 2 amide bonds. The van der Waals surface area contributed by atoms with E-state index in [9.17, 15) is 14.4 Å². The Labute approximate surface area is 214 Å². The highest BCUT2D eigenvalue weighted by Crippen LogP contribution is 2.49. The molecule has 34 heavy (non-hydrogen) atoms. The minimum absolute atomic E-state index is 0.0843. The number of hydrogen-bond donors (Lipinski definition) is 0. The second kappa shape index (κ2) is 8.72. The zero-order chi connectivity index (χ0) is 24.3. The average molecular weight is 568 g/mol. The highest BCUT2D eigenvalue weighted by molar-refractivity contribution is 14.1. The summed E-state index contributed by atoms with van der Waals surface area (Å²) < 4.78 is 1.11. The van der Waals surface area contributed by atoms with Crippen LogP contribution in [0.2, 0.25) is 0 Å². The third kappa shape index (κ3) is 3.49. The molecular weight excluding hydrogens is 539 g/mol. The number of carbonyl (C=O) groups is 3. The first kappa shape index (κ1) is 23.4. The molecule has 2 aromatic rings. The fourth-order valence-corrected chi connectivity index (χ4v) is 6.44. The van der Waals surface area contributed by atoms with Crippen LogP contribution < -0.4 is 4.90 Å². The van der Waals surface area contributed by atoms with Crippen molar-refractivity contribution in [2.45, 2.75) is 58.2 Å². The minimum atomic E-state index is -0.651. The van der Waals surface area contributed by atoms with Crippen molar-refractivity contribution < 1.29 is 14.4 Å². The van der Waals surface area contributed by atoms with Crippen molar-refractivity contribution in [2.24, 2.45) is 11.8 Å². The molecule has 176 valence electrons. The van der Waals surface area contributed by atoms with E-state index >= 15 is 0 Å². The lowest BCUT2D eigenvalue weighted by Gasteiger charge is -2.34. The van der Waals surface area contributed by atoms with Gasteiger partial charge in [-0.2, -0.15) is 0 Å². The van der Waals surface area contributed by atoms with Crippen LogP contribution in [0.1, 0.15) is 56.2 Å². The predicted molar refractivity (Wildman–Crippen MR) is 141 cm³/mol. The third-order valence-electron chi connectivity index (χ3n) is 7.47. The molecule has 6 heteroatoms. The number of amides is 2. The smallest absolute Gasteiger partial charge is 0.239 e. The molecule has 3 aliphatic rings. The van der Waals surface area contributed by atoms with Crippen LogP contribution in [0.3, 0.4) is 0 Å². The van der Waals surface area contributed by atoms with Crippen molar-refractivity contribution in [3.8, 4) is 0 Å². The summed E-state index contributed by atoms with van der Waals surface area (Å²) in [4.78, 5) is 44.6. The van der Waals surface area contributed by atoms with E-state index in [1.807, 2.05) is 48.5 Å². The van der Waals surface area contributed by atoms with Crippen LogP contribution in [0.4, 0.5) is 5.69 Å². The van der Waals surface area contributed by atoms with Crippen LogP contribution in [0.25, 0.3) is 0 Å². The van der Waals surface area contributed by atoms with Crippen LogP contribution in [0.15, 0.2) is 54.6 Å². The van der Waals surface area contributed by atoms with Crippen LogP contribution in [-0.4, -0.2) is 34.6 Å². The van der Waals surface area contributed by atoms with E-state index in [0.29, 0.717) is 6.54 Å². The Bertz CT molecular complexity index is 1190. The van der Waals surface area contributed by atoms with Crippen molar-refractivity contribution in [1.29, 1.82) is 0 Å². The molecule has 2 bridgehead atoms. The number of nitrogens with zero attached hydrogens (tertiary/aromatic N) is 2. The third-order valence-corrected chi connectivity index (χ3v) is 8.52. The maximum absolute atomic E-state index is 14.0. The van der Waals surface area contributed by atoms with Crippen LogP contribution >= 0.6 is 22.6 Å². The second-order valence-electron chi connectivity index (χ2n) is 10.1.